The van der Waals surface area contributed by atoms with E-state index in [9.17, 15) is 5.11 Å². The van der Waals surface area contributed by atoms with Crippen LogP contribution in [-0.4, -0.2) is 65.8 Å². The number of hydrogen-bond donors (Lipinski definition) is 1. The van der Waals surface area contributed by atoms with E-state index in [0.29, 0.717) is 6.61 Å². The van der Waals surface area contributed by atoms with Gasteiger partial charge in [0.1, 0.15) is 5.75 Å². The van der Waals surface area contributed by atoms with Crippen molar-refractivity contribution in [3.8, 4) is 17.0 Å². The SMILES string of the molecule is CCOc1cc(-c2c(CC)cccc2CC)ncc1C(C)N1CCN(CCO)CC1. The Morgan fingerprint density at radius 1 is 1.07 bits per heavy atom. The van der Waals surface area contributed by atoms with Gasteiger partial charge in [0, 0.05) is 62.2 Å². The topological polar surface area (TPSA) is 48.8 Å². The smallest absolute Gasteiger partial charge is 0.127 e. The van der Waals surface area contributed by atoms with Crippen molar-refractivity contribution >= 4 is 0 Å². The minimum absolute atomic E-state index is 0.231. The zero-order chi connectivity index (χ0) is 21.5. The quantitative estimate of drug-likeness (QED) is 0.677. The lowest BCUT2D eigenvalue weighted by Crippen LogP contribution is -2.47. The number of aromatic nitrogens is 1. The first-order valence-electron chi connectivity index (χ1n) is 11.4. The zero-order valence-electron chi connectivity index (χ0n) is 19.0. The maximum atomic E-state index is 9.18. The second-order valence-corrected chi connectivity index (χ2v) is 7.98. The molecule has 1 saturated heterocycles. The Morgan fingerprint density at radius 3 is 2.30 bits per heavy atom. The minimum atomic E-state index is 0.231. The van der Waals surface area contributed by atoms with Gasteiger partial charge >= 0.3 is 0 Å². The van der Waals surface area contributed by atoms with E-state index in [1.807, 2.05) is 13.1 Å². The zero-order valence-corrected chi connectivity index (χ0v) is 19.0. The summed E-state index contributed by atoms with van der Waals surface area (Å²) in [4.78, 5) is 9.73. The molecule has 5 nitrogen and oxygen atoms in total. The summed E-state index contributed by atoms with van der Waals surface area (Å²) in [5.74, 6) is 0.945. The van der Waals surface area contributed by atoms with Crippen LogP contribution in [0.5, 0.6) is 5.75 Å². The van der Waals surface area contributed by atoms with E-state index in [1.165, 1.54) is 16.7 Å². The van der Waals surface area contributed by atoms with Gasteiger partial charge in [-0.25, -0.2) is 0 Å². The van der Waals surface area contributed by atoms with Crippen LogP contribution in [0.25, 0.3) is 11.3 Å². The van der Waals surface area contributed by atoms with Crippen molar-refractivity contribution in [2.24, 2.45) is 0 Å². The fourth-order valence-electron chi connectivity index (χ4n) is 4.46. The number of benzene rings is 1. The van der Waals surface area contributed by atoms with Crippen LogP contribution in [0, 0.1) is 0 Å². The van der Waals surface area contributed by atoms with Crippen molar-refractivity contribution < 1.29 is 9.84 Å². The lowest BCUT2D eigenvalue weighted by atomic mass is 9.94. The molecule has 30 heavy (non-hydrogen) atoms. The van der Waals surface area contributed by atoms with Crippen molar-refractivity contribution in [3.05, 3.63) is 47.2 Å². The van der Waals surface area contributed by atoms with E-state index in [4.69, 9.17) is 9.72 Å². The summed E-state index contributed by atoms with van der Waals surface area (Å²) in [7, 11) is 0. The molecule has 0 spiro atoms. The first kappa shape index (κ1) is 22.7. The van der Waals surface area contributed by atoms with E-state index < -0.39 is 0 Å². The number of rotatable bonds is 9. The molecule has 0 saturated carbocycles. The van der Waals surface area contributed by atoms with E-state index in [-0.39, 0.29) is 12.6 Å². The molecule has 0 aliphatic carbocycles. The lowest BCUT2D eigenvalue weighted by molar-refractivity contribution is 0.0877. The summed E-state index contributed by atoms with van der Waals surface area (Å²) in [5.41, 5.74) is 6.11. The number of aliphatic hydroxyl groups excluding tert-OH is 1. The van der Waals surface area contributed by atoms with E-state index in [1.54, 1.807) is 0 Å². The summed E-state index contributed by atoms with van der Waals surface area (Å²) >= 11 is 0. The Hall–Kier alpha value is -1.95. The highest BCUT2D eigenvalue weighted by molar-refractivity contribution is 5.69. The Morgan fingerprint density at radius 2 is 1.73 bits per heavy atom. The number of nitrogens with zero attached hydrogens (tertiary/aromatic N) is 3. The molecule has 1 atom stereocenters. The fraction of sp³-hybridized carbons (Fsp3) is 0.560. The standard InChI is InChI=1S/C25H37N3O2/c1-5-20-9-8-10-21(6-2)25(20)23-17-24(30-7-3)22(18-26-23)19(4)28-13-11-27(12-14-28)15-16-29/h8-10,17-19,29H,5-7,11-16H2,1-4H3. The van der Waals surface area contributed by atoms with Crippen LogP contribution in [0.15, 0.2) is 30.5 Å². The molecule has 1 fully saturated rings. The summed E-state index contributed by atoms with van der Waals surface area (Å²) in [5, 5.41) is 9.18. The molecular formula is C25H37N3O2. The largest absolute Gasteiger partial charge is 0.493 e. The van der Waals surface area contributed by atoms with Crippen LogP contribution in [0.3, 0.4) is 0 Å². The molecule has 164 valence electrons. The molecule has 0 amide bonds. The number of aryl methyl sites for hydroxylation is 2. The van der Waals surface area contributed by atoms with Gasteiger partial charge in [-0.15, -0.1) is 0 Å². The lowest BCUT2D eigenvalue weighted by Gasteiger charge is -2.38. The van der Waals surface area contributed by atoms with Crippen molar-refractivity contribution in [2.45, 2.75) is 46.6 Å². The van der Waals surface area contributed by atoms with Gasteiger partial charge in [-0.05, 0) is 37.8 Å². The van der Waals surface area contributed by atoms with Crippen LogP contribution < -0.4 is 4.74 Å². The average molecular weight is 412 g/mol. The maximum Gasteiger partial charge on any atom is 0.127 e. The van der Waals surface area contributed by atoms with Crippen molar-refractivity contribution in [1.29, 1.82) is 0 Å². The fourth-order valence-corrected chi connectivity index (χ4v) is 4.46. The average Bonchev–Trinajstić information content (AvgIpc) is 2.79. The molecular weight excluding hydrogens is 374 g/mol. The van der Waals surface area contributed by atoms with Crippen LogP contribution in [0.4, 0.5) is 0 Å². The number of hydrogen-bond acceptors (Lipinski definition) is 5. The molecule has 1 aromatic heterocycles. The van der Waals surface area contributed by atoms with E-state index in [0.717, 1.165) is 62.6 Å². The molecule has 2 heterocycles. The minimum Gasteiger partial charge on any atom is -0.493 e. The third kappa shape index (κ3) is 5.02. The third-order valence-electron chi connectivity index (χ3n) is 6.27. The Labute approximate surface area is 181 Å². The highest BCUT2D eigenvalue weighted by Gasteiger charge is 2.25. The molecule has 1 aliphatic rings. The third-order valence-corrected chi connectivity index (χ3v) is 6.27. The molecule has 2 aromatic rings. The van der Waals surface area contributed by atoms with Crippen molar-refractivity contribution in [1.82, 2.24) is 14.8 Å². The predicted molar refractivity (Wildman–Crippen MR) is 123 cm³/mol. The van der Waals surface area contributed by atoms with Gasteiger partial charge < -0.3 is 9.84 Å². The maximum absolute atomic E-state index is 9.18. The van der Waals surface area contributed by atoms with E-state index in [2.05, 4.69) is 54.8 Å². The Kier molecular flexibility index (Phi) is 8.25. The predicted octanol–water partition coefficient (Wildman–Crippen LogP) is 3.94. The highest BCUT2D eigenvalue weighted by atomic mass is 16.5. The Bertz CT molecular complexity index is 794. The van der Waals surface area contributed by atoms with Crippen molar-refractivity contribution in [3.63, 3.8) is 0 Å². The first-order valence-corrected chi connectivity index (χ1v) is 11.4. The summed E-state index contributed by atoms with van der Waals surface area (Å²) in [6, 6.07) is 8.96. The number of β-amino-alcohol motifs (C(OH)–C–C–N with tert-alkyl or cyclic N) is 1. The molecule has 0 radical (unpaired) electrons. The van der Waals surface area contributed by atoms with Gasteiger partial charge in [0.2, 0.25) is 0 Å². The van der Waals surface area contributed by atoms with Crippen LogP contribution >= 0.6 is 0 Å². The van der Waals surface area contributed by atoms with Crippen LogP contribution in [0.2, 0.25) is 0 Å². The van der Waals surface area contributed by atoms with Crippen LogP contribution in [-0.2, 0) is 12.8 Å². The van der Waals surface area contributed by atoms with Gasteiger partial charge in [-0.3, -0.25) is 14.8 Å². The monoisotopic (exact) mass is 411 g/mol. The number of pyridine rings is 1. The molecule has 3 rings (SSSR count). The van der Waals surface area contributed by atoms with Gasteiger partial charge in [-0.1, -0.05) is 32.0 Å². The summed E-state index contributed by atoms with van der Waals surface area (Å²) in [6.45, 7) is 14.3. The molecule has 1 aromatic carbocycles. The molecule has 0 bridgehead atoms. The van der Waals surface area contributed by atoms with Gasteiger partial charge in [0.25, 0.3) is 0 Å². The van der Waals surface area contributed by atoms with Crippen molar-refractivity contribution in [2.75, 3.05) is 45.9 Å². The van der Waals surface area contributed by atoms with E-state index >= 15 is 0 Å². The second-order valence-electron chi connectivity index (χ2n) is 7.98. The van der Waals surface area contributed by atoms with Gasteiger partial charge in [-0.2, -0.15) is 0 Å². The summed E-state index contributed by atoms with van der Waals surface area (Å²) < 4.78 is 6.11. The van der Waals surface area contributed by atoms with Gasteiger partial charge in [0.15, 0.2) is 0 Å². The molecule has 1 aliphatic heterocycles. The highest BCUT2D eigenvalue weighted by Crippen LogP contribution is 2.35. The number of ether oxygens (including phenoxy) is 1. The molecule has 5 heteroatoms. The van der Waals surface area contributed by atoms with Gasteiger partial charge in [0.05, 0.1) is 18.9 Å². The summed E-state index contributed by atoms with van der Waals surface area (Å²) in [6.07, 6.45) is 4.01. The first-order chi connectivity index (χ1) is 14.6. The number of aliphatic hydroxyl groups is 1. The normalized spacial score (nSPS) is 16.6. The molecule has 1 N–H and O–H groups in total. The number of piperazine rings is 1. The second kappa shape index (κ2) is 10.9. The Balaban J connectivity index is 1.90. The molecule has 1 unspecified atom stereocenters. The van der Waals surface area contributed by atoms with Crippen LogP contribution in [0.1, 0.15) is 50.4 Å².